The van der Waals surface area contributed by atoms with Gasteiger partial charge in [-0.1, -0.05) is 31.5 Å². The molecule has 4 aliphatic carbocycles. The van der Waals surface area contributed by atoms with Crippen molar-refractivity contribution >= 4 is 15.7 Å². The zero-order valence-corrected chi connectivity index (χ0v) is 28.8. The van der Waals surface area contributed by atoms with Crippen LogP contribution in [0, 0.1) is 10.8 Å². The highest BCUT2D eigenvalue weighted by atomic mass is 32.2. The van der Waals surface area contributed by atoms with E-state index < -0.39 is 71.7 Å². The Morgan fingerprint density at radius 3 is 1.88 bits per heavy atom. The van der Waals surface area contributed by atoms with Crippen molar-refractivity contribution in [2.75, 3.05) is 6.54 Å². The number of likely N-dealkylation sites (tertiary alicyclic amines) is 1. The molecule has 2 unspecified atom stereocenters. The van der Waals surface area contributed by atoms with E-state index in [0.29, 0.717) is 63.1 Å². The van der Waals surface area contributed by atoms with Gasteiger partial charge in [-0.2, -0.15) is 39.5 Å². The summed E-state index contributed by atoms with van der Waals surface area (Å²) < 4.78 is 165. The Bertz CT molecular complexity index is 1830. The molecule has 16 heteroatoms. The SMILES string of the molecule is CCC/C=C(/O)C12CCC(C(=O)N3CCC4(S(=O)(=O)c5ccc(C(F)(F)F)cc5)c5ccc(C(F)(C(F)(F)F)C(F)(F)F)cc5CCC34)(CC1)CC2. The Balaban J connectivity index is 1.44. The van der Waals surface area contributed by atoms with Crippen LogP contribution in [0.5, 0.6) is 0 Å². The summed E-state index contributed by atoms with van der Waals surface area (Å²) in [6.45, 7) is 1.81. The Morgan fingerprint density at radius 1 is 0.827 bits per heavy atom. The summed E-state index contributed by atoms with van der Waals surface area (Å²) in [5.74, 6) is -0.0705. The summed E-state index contributed by atoms with van der Waals surface area (Å²) in [6, 6.07) is 2.70. The first-order valence-corrected chi connectivity index (χ1v) is 18.6. The van der Waals surface area contributed by atoms with E-state index in [1.54, 1.807) is 6.08 Å². The number of unbranched alkanes of at least 4 members (excludes halogenated alkanes) is 1. The molecule has 1 N–H and O–H groups in total. The minimum Gasteiger partial charge on any atom is -0.512 e. The van der Waals surface area contributed by atoms with Crippen LogP contribution in [0.3, 0.4) is 0 Å². The molecule has 0 spiro atoms. The van der Waals surface area contributed by atoms with Crippen molar-refractivity contribution in [3.05, 3.63) is 76.6 Å². The summed E-state index contributed by atoms with van der Waals surface area (Å²) in [5.41, 5.74) is -10.6. The number of rotatable bonds is 7. The van der Waals surface area contributed by atoms with Crippen molar-refractivity contribution in [3.8, 4) is 0 Å². The van der Waals surface area contributed by atoms with Gasteiger partial charge in [-0.25, -0.2) is 12.8 Å². The van der Waals surface area contributed by atoms with Gasteiger partial charge in [-0.05, 0) is 106 Å². The molecule has 1 saturated heterocycles. The molecule has 7 rings (SSSR count). The lowest BCUT2D eigenvalue weighted by molar-refractivity contribution is -0.348. The second-order valence-electron chi connectivity index (χ2n) is 14.7. The number of fused-ring (bicyclic) bond motifs is 6. The van der Waals surface area contributed by atoms with Gasteiger partial charge in [-0.15, -0.1) is 0 Å². The number of aliphatic hydroxyl groups excluding tert-OH is 1. The zero-order chi connectivity index (χ0) is 38.3. The molecule has 1 aliphatic heterocycles. The molecule has 2 atom stereocenters. The van der Waals surface area contributed by atoms with Crippen LogP contribution in [0.1, 0.15) is 93.4 Å². The van der Waals surface area contributed by atoms with E-state index in [4.69, 9.17) is 0 Å². The van der Waals surface area contributed by atoms with E-state index in [0.717, 1.165) is 24.6 Å². The number of aliphatic hydroxyl groups is 1. The first-order valence-electron chi connectivity index (χ1n) is 17.1. The minimum atomic E-state index is -6.42. The maximum absolute atomic E-state index is 15.2. The first-order chi connectivity index (χ1) is 24.0. The van der Waals surface area contributed by atoms with Crippen molar-refractivity contribution in [1.29, 1.82) is 0 Å². The average Bonchev–Trinajstić information content (AvgIpc) is 3.50. The highest BCUT2D eigenvalue weighted by Gasteiger charge is 2.74. The zero-order valence-electron chi connectivity index (χ0n) is 28.0. The second-order valence-corrected chi connectivity index (χ2v) is 16.9. The van der Waals surface area contributed by atoms with E-state index in [1.165, 1.54) is 4.90 Å². The van der Waals surface area contributed by atoms with Crippen LogP contribution in [0.4, 0.5) is 43.9 Å². The third-order valence-corrected chi connectivity index (χ3v) is 14.7. The van der Waals surface area contributed by atoms with E-state index >= 15 is 4.39 Å². The maximum atomic E-state index is 15.2. The fourth-order valence-corrected chi connectivity index (χ4v) is 11.6. The maximum Gasteiger partial charge on any atom is 0.435 e. The Labute approximate surface area is 294 Å². The summed E-state index contributed by atoms with van der Waals surface area (Å²) >= 11 is 0. The lowest BCUT2D eigenvalue weighted by Gasteiger charge is -2.54. The van der Waals surface area contributed by atoms with Gasteiger partial charge >= 0.3 is 24.2 Å². The van der Waals surface area contributed by atoms with E-state index in [9.17, 15) is 57.8 Å². The fourth-order valence-electron chi connectivity index (χ4n) is 9.20. The van der Waals surface area contributed by atoms with E-state index in [-0.39, 0.29) is 54.7 Å². The smallest absolute Gasteiger partial charge is 0.435 e. The second kappa shape index (κ2) is 12.4. The largest absolute Gasteiger partial charge is 0.512 e. The van der Waals surface area contributed by atoms with Gasteiger partial charge in [0.05, 0.1) is 22.3 Å². The number of aryl methyl sites for hydroxylation is 1. The first kappa shape index (κ1) is 38.4. The van der Waals surface area contributed by atoms with Crippen molar-refractivity contribution in [2.45, 2.75) is 117 Å². The number of halogens is 10. The van der Waals surface area contributed by atoms with Gasteiger partial charge in [0.25, 0.3) is 0 Å². The van der Waals surface area contributed by atoms with Crippen LogP contribution in [-0.4, -0.2) is 49.3 Å². The number of nitrogens with zero attached hydrogens (tertiary/aromatic N) is 1. The number of hydrogen-bond acceptors (Lipinski definition) is 4. The van der Waals surface area contributed by atoms with Gasteiger partial charge in [0.1, 0.15) is 4.75 Å². The molecule has 3 saturated carbocycles. The van der Waals surface area contributed by atoms with Crippen molar-refractivity contribution in [1.82, 2.24) is 4.90 Å². The van der Waals surface area contributed by atoms with E-state index in [1.807, 2.05) is 6.92 Å². The lowest BCUT2D eigenvalue weighted by atomic mass is 9.52. The van der Waals surface area contributed by atoms with Crippen LogP contribution >= 0.6 is 0 Å². The predicted octanol–water partition coefficient (Wildman–Crippen LogP) is 9.79. The molecule has 0 aromatic heterocycles. The number of alkyl halides is 10. The third-order valence-electron chi connectivity index (χ3n) is 12.2. The van der Waals surface area contributed by atoms with Gasteiger partial charge < -0.3 is 10.0 Å². The molecule has 52 heavy (non-hydrogen) atoms. The molecule has 2 bridgehead atoms. The van der Waals surface area contributed by atoms with Gasteiger partial charge in [-0.3, -0.25) is 4.79 Å². The molecular weight excluding hydrogens is 732 g/mol. The molecule has 286 valence electrons. The number of sulfone groups is 1. The summed E-state index contributed by atoms with van der Waals surface area (Å²) in [6.07, 6.45) is -12.5. The highest BCUT2D eigenvalue weighted by Crippen LogP contribution is 2.62. The molecule has 2 aromatic carbocycles. The van der Waals surface area contributed by atoms with Gasteiger partial charge in [0.2, 0.25) is 5.91 Å². The van der Waals surface area contributed by atoms with Crippen LogP contribution in [0.2, 0.25) is 0 Å². The number of allylic oxidation sites excluding steroid dienone is 2. The number of carbonyl (C=O) groups is 1. The number of amides is 1. The quantitative estimate of drug-likeness (QED) is 0.225. The molecular formula is C36H37F10NO4S. The van der Waals surface area contributed by atoms with Crippen LogP contribution < -0.4 is 0 Å². The Kier molecular flexibility index (Phi) is 9.14. The Morgan fingerprint density at radius 2 is 1.37 bits per heavy atom. The van der Waals surface area contributed by atoms with Crippen molar-refractivity contribution in [3.63, 3.8) is 0 Å². The van der Waals surface area contributed by atoms with Gasteiger partial charge in [0, 0.05) is 22.9 Å². The van der Waals surface area contributed by atoms with Crippen LogP contribution in [-0.2, 0) is 37.6 Å². The van der Waals surface area contributed by atoms with Gasteiger partial charge in [0.15, 0.2) is 9.84 Å². The van der Waals surface area contributed by atoms with Crippen molar-refractivity contribution < 1.29 is 62.2 Å². The summed E-state index contributed by atoms with van der Waals surface area (Å²) in [4.78, 5) is 15.4. The minimum absolute atomic E-state index is 0.169. The number of hydrogen-bond donors (Lipinski definition) is 1. The topological polar surface area (TPSA) is 74.7 Å². The number of benzene rings is 2. The summed E-state index contributed by atoms with van der Waals surface area (Å²) in [7, 11) is -4.82. The monoisotopic (exact) mass is 769 g/mol. The molecule has 5 nitrogen and oxygen atoms in total. The van der Waals surface area contributed by atoms with E-state index in [2.05, 4.69) is 0 Å². The molecule has 5 aliphatic rings. The fraction of sp³-hybridized carbons (Fsp3) is 0.583. The molecule has 0 radical (unpaired) electrons. The molecule has 4 fully saturated rings. The lowest BCUT2D eigenvalue weighted by Crippen LogP contribution is -2.57. The number of carbonyl (C=O) groups excluding carboxylic acids is 1. The highest BCUT2D eigenvalue weighted by molar-refractivity contribution is 7.92. The summed E-state index contributed by atoms with van der Waals surface area (Å²) in [5, 5.41) is 10.9. The predicted molar refractivity (Wildman–Crippen MR) is 168 cm³/mol. The molecule has 1 heterocycles. The molecule has 1 amide bonds. The standard InChI is InChI=1S/C36H37F10NO4S/c1-2-3-4-28(48)30-13-16-31(17-14-30,18-15-30)29(49)47-20-19-32(52(50,51)25-9-6-23(7-10-25)34(38,39)40)26-11-8-24(21-22(26)5-12-27(32)47)33(37,35(41,42)43)36(44,45)46/h4,6-11,21,27,48H,2-3,5,12-20H2,1H3/b28-4+. The van der Waals surface area contributed by atoms with Crippen LogP contribution in [0.25, 0.3) is 0 Å². The van der Waals surface area contributed by atoms with Crippen molar-refractivity contribution in [2.24, 2.45) is 10.8 Å². The third kappa shape index (κ3) is 5.54. The Hall–Kier alpha value is -3.30. The van der Waals surface area contributed by atoms with Crippen LogP contribution in [0.15, 0.2) is 59.2 Å². The average molecular weight is 770 g/mol. The normalized spacial score (nSPS) is 28.5. The molecule has 2 aromatic rings.